The highest BCUT2D eigenvalue weighted by Crippen LogP contribution is 2.17. The van der Waals surface area contributed by atoms with Gasteiger partial charge in [-0.15, -0.1) is 0 Å². The monoisotopic (exact) mass is 265 g/mol. The van der Waals surface area contributed by atoms with E-state index >= 15 is 0 Å². The van der Waals surface area contributed by atoms with E-state index in [4.69, 9.17) is 5.11 Å². The molecular weight excluding hydrogens is 254 g/mol. The first-order chi connectivity index (χ1) is 8.95. The van der Waals surface area contributed by atoms with Gasteiger partial charge >= 0.3 is 11.7 Å². The molecule has 8 heteroatoms. The molecule has 2 atom stereocenters. The Morgan fingerprint density at radius 3 is 2.58 bits per heavy atom. The molecule has 2 rings (SSSR count). The van der Waals surface area contributed by atoms with Crippen molar-refractivity contribution in [1.82, 2.24) is 15.3 Å². The van der Waals surface area contributed by atoms with E-state index in [2.05, 4.69) is 10.3 Å². The predicted molar refractivity (Wildman–Crippen MR) is 63.8 cm³/mol. The Balaban J connectivity index is 2.07. The van der Waals surface area contributed by atoms with Gasteiger partial charge in [-0.1, -0.05) is 12.2 Å². The molecule has 0 aromatic carbocycles. The van der Waals surface area contributed by atoms with E-state index < -0.39 is 35.1 Å². The van der Waals surface area contributed by atoms with Crippen LogP contribution in [0.2, 0.25) is 0 Å². The Labute approximate surface area is 106 Å². The number of nitrogens with one attached hydrogen (secondary N) is 3. The Hall–Kier alpha value is -2.64. The van der Waals surface area contributed by atoms with Gasteiger partial charge < -0.3 is 15.4 Å². The van der Waals surface area contributed by atoms with Crippen LogP contribution >= 0.6 is 0 Å². The molecule has 1 aliphatic rings. The lowest BCUT2D eigenvalue weighted by atomic mass is 10.1. The van der Waals surface area contributed by atoms with Gasteiger partial charge in [-0.2, -0.15) is 0 Å². The summed E-state index contributed by atoms with van der Waals surface area (Å²) in [6.45, 7) is 0. The second kappa shape index (κ2) is 4.92. The molecule has 4 N–H and O–H groups in total. The number of carbonyl (C=O) groups excluding carboxylic acids is 1. The summed E-state index contributed by atoms with van der Waals surface area (Å²) in [7, 11) is 0. The fraction of sp³-hybridized carbons (Fsp3) is 0.273. The number of carboxylic acid groups (broad SMARTS) is 1. The van der Waals surface area contributed by atoms with E-state index in [0.717, 1.165) is 6.07 Å². The molecule has 0 bridgehead atoms. The molecule has 1 aromatic heterocycles. The normalized spacial score (nSPS) is 21.3. The lowest BCUT2D eigenvalue weighted by Crippen LogP contribution is -2.36. The first-order valence-corrected chi connectivity index (χ1v) is 5.51. The number of aromatic nitrogens is 2. The van der Waals surface area contributed by atoms with Crippen LogP contribution in [0.25, 0.3) is 0 Å². The molecule has 1 aliphatic carbocycles. The van der Waals surface area contributed by atoms with Crippen molar-refractivity contribution in [3.05, 3.63) is 44.8 Å². The van der Waals surface area contributed by atoms with E-state index in [-0.39, 0.29) is 12.1 Å². The van der Waals surface area contributed by atoms with Gasteiger partial charge in [0.1, 0.15) is 5.69 Å². The van der Waals surface area contributed by atoms with Crippen molar-refractivity contribution in [1.29, 1.82) is 0 Å². The average Bonchev–Trinajstić information content (AvgIpc) is 2.76. The highest BCUT2D eigenvalue weighted by atomic mass is 16.4. The zero-order chi connectivity index (χ0) is 14.0. The number of amides is 1. The quantitative estimate of drug-likeness (QED) is 0.511. The third-order valence-electron chi connectivity index (χ3n) is 2.72. The van der Waals surface area contributed by atoms with Gasteiger partial charge in [-0.05, 0) is 6.42 Å². The molecule has 0 saturated heterocycles. The van der Waals surface area contributed by atoms with Crippen molar-refractivity contribution in [2.45, 2.75) is 12.5 Å². The lowest BCUT2D eigenvalue weighted by molar-refractivity contribution is -0.140. The Morgan fingerprint density at radius 1 is 1.26 bits per heavy atom. The fourth-order valence-electron chi connectivity index (χ4n) is 1.83. The summed E-state index contributed by atoms with van der Waals surface area (Å²) in [6, 6.07) is 0.528. The van der Waals surface area contributed by atoms with Crippen molar-refractivity contribution in [2.24, 2.45) is 5.92 Å². The van der Waals surface area contributed by atoms with Crippen LogP contribution in [-0.4, -0.2) is 33.0 Å². The topological polar surface area (TPSA) is 132 Å². The van der Waals surface area contributed by atoms with Gasteiger partial charge in [0.15, 0.2) is 0 Å². The molecule has 100 valence electrons. The summed E-state index contributed by atoms with van der Waals surface area (Å²) in [5.41, 5.74) is -1.62. The molecule has 8 nitrogen and oxygen atoms in total. The molecule has 1 amide bonds. The molecular formula is C11H11N3O5. The third-order valence-corrected chi connectivity index (χ3v) is 2.72. The van der Waals surface area contributed by atoms with Crippen LogP contribution in [-0.2, 0) is 4.79 Å². The minimum absolute atomic E-state index is 0.166. The van der Waals surface area contributed by atoms with Crippen molar-refractivity contribution in [2.75, 3.05) is 0 Å². The molecule has 19 heavy (non-hydrogen) atoms. The van der Waals surface area contributed by atoms with Crippen molar-refractivity contribution >= 4 is 11.9 Å². The Bertz CT molecular complexity index is 629. The maximum atomic E-state index is 11.8. The number of carbonyl (C=O) groups is 2. The number of H-pyrrole nitrogens is 2. The molecule has 0 spiro atoms. The molecule has 2 unspecified atom stereocenters. The van der Waals surface area contributed by atoms with Crippen LogP contribution in [0.5, 0.6) is 0 Å². The van der Waals surface area contributed by atoms with Crippen LogP contribution in [0.4, 0.5) is 0 Å². The zero-order valence-corrected chi connectivity index (χ0v) is 9.67. The number of aromatic amines is 2. The van der Waals surface area contributed by atoms with Crippen molar-refractivity contribution in [3.63, 3.8) is 0 Å². The van der Waals surface area contributed by atoms with Gasteiger partial charge in [-0.25, -0.2) is 4.79 Å². The molecule has 0 radical (unpaired) electrons. The van der Waals surface area contributed by atoms with E-state index in [9.17, 15) is 19.2 Å². The summed E-state index contributed by atoms with van der Waals surface area (Å²) in [5.74, 6) is -2.23. The van der Waals surface area contributed by atoms with Crippen LogP contribution in [0.15, 0.2) is 27.8 Å². The predicted octanol–water partition coefficient (Wildman–Crippen LogP) is -1.18. The zero-order valence-electron chi connectivity index (χ0n) is 9.67. The first-order valence-electron chi connectivity index (χ1n) is 5.51. The van der Waals surface area contributed by atoms with Crippen LogP contribution < -0.4 is 16.6 Å². The Morgan fingerprint density at radius 2 is 2.00 bits per heavy atom. The van der Waals surface area contributed by atoms with E-state index in [0.29, 0.717) is 0 Å². The molecule has 1 heterocycles. The minimum Gasteiger partial charge on any atom is -0.481 e. The van der Waals surface area contributed by atoms with Crippen LogP contribution in [0, 0.1) is 5.92 Å². The fourth-order valence-corrected chi connectivity index (χ4v) is 1.83. The highest BCUT2D eigenvalue weighted by molar-refractivity contribution is 5.92. The number of aliphatic carboxylic acids is 1. The minimum atomic E-state index is -0.961. The Kier molecular flexibility index (Phi) is 3.32. The second-order valence-electron chi connectivity index (χ2n) is 4.15. The van der Waals surface area contributed by atoms with Crippen LogP contribution in [0.1, 0.15) is 16.9 Å². The third kappa shape index (κ3) is 2.97. The lowest BCUT2D eigenvalue weighted by Gasteiger charge is -2.11. The van der Waals surface area contributed by atoms with Gasteiger partial charge in [-0.3, -0.25) is 19.4 Å². The van der Waals surface area contributed by atoms with E-state index in [1.54, 1.807) is 6.08 Å². The maximum absolute atomic E-state index is 11.8. The average molecular weight is 265 g/mol. The number of hydrogen-bond donors (Lipinski definition) is 4. The number of rotatable bonds is 3. The van der Waals surface area contributed by atoms with Gasteiger partial charge in [0, 0.05) is 12.1 Å². The molecule has 0 fully saturated rings. The molecule has 0 saturated carbocycles. The van der Waals surface area contributed by atoms with Crippen molar-refractivity contribution in [3.8, 4) is 0 Å². The SMILES string of the molecule is O=C(NC1C=CC(C(=O)O)C1)c1cc(=O)[nH]c(=O)[nH]1. The molecule has 1 aromatic rings. The van der Waals surface area contributed by atoms with Gasteiger partial charge in [0.25, 0.3) is 11.5 Å². The molecule has 0 aliphatic heterocycles. The summed E-state index contributed by atoms with van der Waals surface area (Å²) >= 11 is 0. The largest absolute Gasteiger partial charge is 0.481 e. The summed E-state index contributed by atoms with van der Waals surface area (Å²) in [5, 5.41) is 11.3. The first kappa shape index (κ1) is 12.8. The van der Waals surface area contributed by atoms with Crippen LogP contribution in [0.3, 0.4) is 0 Å². The second-order valence-corrected chi connectivity index (χ2v) is 4.15. The number of carboxylic acids is 1. The highest BCUT2D eigenvalue weighted by Gasteiger charge is 2.25. The standard InChI is InChI=1S/C11H11N3O5/c15-8-4-7(13-11(19)14-8)9(16)12-6-2-1-5(3-6)10(17)18/h1-2,4-6H,3H2,(H,12,16)(H,17,18)(H2,13,14,15,19). The van der Waals surface area contributed by atoms with E-state index in [1.165, 1.54) is 6.08 Å². The van der Waals surface area contributed by atoms with Gasteiger partial charge in [0.2, 0.25) is 0 Å². The summed E-state index contributed by atoms with van der Waals surface area (Å²) in [4.78, 5) is 48.7. The van der Waals surface area contributed by atoms with E-state index in [1.807, 2.05) is 4.98 Å². The maximum Gasteiger partial charge on any atom is 0.326 e. The number of hydrogen-bond acceptors (Lipinski definition) is 4. The van der Waals surface area contributed by atoms with Gasteiger partial charge in [0.05, 0.1) is 5.92 Å². The summed E-state index contributed by atoms with van der Waals surface area (Å²) < 4.78 is 0. The van der Waals surface area contributed by atoms with Crippen molar-refractivity contribution < 1.29 is 14.7 Å². The smallest absolute Gasteiger partial charge is 0.326 e. The summed E-state index contributed by atoms with van der Waals surface area (Å²) in [6.07, 6.45) is 3.31.